The lowest BCUT2D eigenvalue weighted by Gasteiger charge is -2.35. The summed E-state index contributed by atoms with van der Waals surface area (Å²) < 4.78 is 0. The molecule has 0 bridgehead atoms. The van der Waals surface area contributed by atoms with Crippen molar-refractivity contribution in [2.24, 2.45) is 0 Å². The van der Waals surface area contributed by atoms with Crippen molar-refractivity contribution in [2.45, 2.75) is 31.8 Å². The number of likely N-dealkylation sites (N-methyl/N-ethyl adjacent to an activating group) is 1. The third kappa shape index (κ3) is 2.57. The molecule has 1 aliphatic rings. The highest BCUT2D eigenvalue weighted by molar-refractivity contribution is 5.02. The Morgan fingerprint density at radius 1 is 1.50 bits per heavy atom. The molecule has 1 aromatic rings. The van der Waals surface area contributed by atoms with Gasteiger partial charge in [0, 0.05) is 31.2 Å². The van der Waals surface area contributed by atoms with Crippen LogP contribution in [0.2, 0.25) is 0 Å². The van der Waals surface area contributed by atoms with Gasteiger partial charge in [-0.05, 0) is 33.4 Å². The number of rotatable bonds is 3. The molecule has 0 amide bonds. The zero-order valence-corrected chi connectivity index (χ0v) is 10.1. The number of hydrogen-bond donors (Lipinski definition) is 1. The average molecular weight is 220 g/mol. The summed E-state index contributed by atoms with van der Waals surface area (Å²) in [6.45, 7) is 4.43. The Balaban J connectivity index is 2.00. The molecule has 2 rings (SSSR count). The van der Waals surface area contributed by atoms with Gasteiger partial charge in [0.2, 0.25) is 0 Å². The van der Waals surface area contributed by atoms with Gasteiger partial charge in [-0.25, -0.2) is 0 Å². The van der Waals surface area contributed by atoms with Crippen molar-refractivity contribution < 1.29 is 0 Å². The van der Waals surface area contributed by atoms with Crippen molar-refractivity contribution in [3.63, 3.8) is 0 Å². The fraction of sp³-hybridized carbons (Fsp3) is 0.667. The number of piperidine rings is 1. The summed E-state index contributed by atoms with van der Waals surface area (Å²) in [5, 5.41) is 3.44. The van der Waals surface area contributed by atoms with Crippen LogP contribution in [0.1, 0.15) is 31.5 Å². The first-order valence-corrected chi connectivity index (χ1v) is 5.97. The molecule has 1 N–H and O–H groups in total. The van der Waals surface area contributed by atoms with Crippen LogP contribution in [-0.2, 0) is 0 Å². The third-order valence-electron chi connectivity index (χ3n) is 3.47. The van der Waals surface area contributed by atoms with Crippen LogP contribution in [0.5, 0.6) is 0 Å². The molecular weight excluding hydrogens is 200 g/mol. The molecule has 0 radical (unpaired) electrons. The normalized spacial score (nSPS) is 23.3. The highest BCUT2D eigenvalue weighted by Gasteiger charge is 2.23. The molecule has 1 saturated heterocycles. The standard InChI is InChI=1S/C12H20N4/c1-10(12-9-14-6-7-15-12)16(2)11-4-3-5-13-8-11/h6-7,9-11,13H,3-5,8H2,1-2H3. The summed E-state index contributed by atoms with van der Waals surface area (Å²) in [5.74, 6) is 0. The van der Waals surface area contributed by atoms with E-state index in [1.165, 1.54) is 12.8 Å². The molecule has 4 nitrogen and oxygen atoms in total. The van der Waals surface area contributed by atoms with E-state index in [2.05, 4.69) is 34.2 Å². The molecule has 2 unspecified atom stereocenters. The summed E-state index contributed by atoms with van der Waals surface area (Å²) in [5.41, 5.74) is 1.05. The maximum atomic E-state index is 4.37. The molecule has 0 saturated carbocycles. The fourth-order valence-electron chi connectivity index (χ4n) is 2.23. The Hall–Kier alpha value is -1.00. The first-order chi connectivity index (χ1) is 7.79. The number of hydrogen-bond acceptors (Lipinski definition) is 4. The lowest BCUT2D eigenvalue weighted by atomic mass is 10.0. The zero-order chi connectivity index (χ0) is 11.4. The lowest BCUT2D eigenvalue weighted by Crippen LogP contribution is -2.45. The Labute approximate surface area is 97.1 Å². The molecule has 4 heteroatoms. The van der Waals surface area contributed by atoms with Gasteiger partial charge in [-0.2, -0.15) is 0 Å². The summed E-state index contributed by atoms with van der Waals surface area (Å²) >= 11 is 0. The molecule has 2 atom stereocenters. The van der Waals surface area contributed by atoms with Crippen LogP contribution >= 0.6 is 0 Å². The van der Waals surface area contributed by atoms with Gasteiger partial charge in [-0.15, -0.1) is 0 Å². The minimum atomic E-state index is 0.332. The summed E-state index contributed by atoms with van der Waals surface area (Å²) in [4.78, 5) is 10.9. The van der Waals surface area contributed by atoms with Crippen LogP contribution in [0.3, 0.4) is 0 Å². The molecule has 0 aromatic carbocycles. The molecule has 1 fully saturated rings. The van der Waals surface area contributed by atoms with Crippen molar-refractivity contribution >= 4 is 0 Å². The second-order valence-electron chi connectivity index (χ2n) is 4.47. The molecule has 16 heavy (non-hydrogen) atoms. The predicted molar refractivity (Wildman–Crippen MR) is 64.1 cm³/mol. The van der Waals surface area contributed by atoms with Gasteiger partial charge in [0.15, 0.2) is 0 Å². The van der Waals surface area contributed by atoms with Crippen LogP contribution in [0.15, 0.2) is 18.6 Å². The molecule has 0 aliphatic carbocycles. The topological polar surface area (TPSA) is 41.1 Å². The molecule has 2 heterocycles. The van der Waals surface area contributed by atoms with Gasteiger partial charge in [-0.3, -0.25) is 14.9 Å². The van der Waals surface area contributed by atoms with E-state index in [0.717, 1.165) is 18.8 Å². The van der Waals surface area contributed by atoms with Crippen molar-refractivity contribution in [1.29, 1.82) is 0 Å². The maximum Gasteiger partial charge on any atom is 0.0755 e. The summed E-state index contributed by atoms with van der Waals surface area (Å²) in [6.07, 6.45) is 7.88. The van der Waals surface area contributed by atoms with Crippen molar-refractivity contribution in [3.8, 4) is 0 Å². The zero-order valence-electron chi connectivity index (χ0n) is 10.1. The van der Waals surface area contributed by atoms with Gasteiger partial charge in [0.1, 0.15) is 0 Å². The summed E-state index contributed by atoms with van der Waals surface area (Å²) in [7, 11) is 2.18. The van der Waals surface area contributed by atoms with Gasteiger partial charge >= 0.3 is 0 Å². The van der Waals surface area contributed by atoms with Crippen LogP contribution in [0, 0.1) is 0 Å². The van der Waals surface area contributed by atoms with E-state index in [1.807, 2.05) is 6.20 Å². The first-order valence-electron chi connectivity index (χ1n) is 5.97. The largest absolute Gasteiger partial charge is 0.315 e. The molecular formula is C12H20N4. The van der Waals surface area contributed by atoms with E-state index in [-0.39, 0.29) is 0 Å². The minimum Gasteiger partial charge on any atom is -0.315 e. The Morgan fingerprint density at radius 2 is 2.38 bits per heavy atom. The van der Waals surface area contributed by atoms with Crippen LogP contribution in [0.25, 0.3) is 0 Å². The van der Waals surface area contributed by atoms with Crippen LogP contribution in [0.4, 0.5) is 0 Å². The SMILES string of the molecule is CC(c1cnccn1)N(C)C1CCCNC1. The second-order valence-corrected chi connectivity index (χ2v) is 4.47. The highest BCUT2D eigenvalue weighted by Crippen LogP contribution is 2.20. The Bertz CT molecular complexity index is 308. The van der Waals surface area contributed by atoms with E-state index in [1.54, 1.807) is 12.4 Å². The number of nitrogens with one attached hydrogen (secondary N) is 1. The number of nitrogens with zero attached hydrogens (tertiary/aromatic N) is 3. The first kappa shape index (κ1) is 11.5. The van der Waals surface area contributed by atoms with E-state index in [4.69, 9.17) is 0 Å². The molecule has 0 spiro atoms. The van der Waals surface area contributed by atoms with E-state index in [9.17, 15) is 0 Å². The van der Waals surface area contributed by atoms with E-state index >= 15 is 0 Å². The highest BCUT2D eigenvalue weighted by atomic mass is 15.2. The Morgan fingerprint density at radius 3 is 3.00 bits per heavy atom. The van der Waals surface area contributed by atoms with E-state index in [0.29, 0.717) is 12.1 Å². The quantitative estimate of drug-likeness (QED) is 0.831. The van der Waals surface area contributed by atoms with Crippen LogP contribution in [-0.4, -0.2) is 41.0 Å². The van der Waals surface area contributed by atoms with E-state index < -0.39 is 0 Å². The van der Waals surface area contributed by atoms with Gasteiger partial charge in [0.25, 0.3) is 0 Å². The van der Waals surface area contributed by atoms with Gasteiger partial charge < -0.3 is 5.32 Å². The minimum absolute atomic E-state index is 0.332. The smallest absolute Gasteiger partial charge is 0.0755 e. The fourth-order valence-corrected chi connectivity index (χ4v) is 2.23. The van der Waals surface area contributed by atoms with Crippen LogP contribution < -0.4 is 5.32 Å². The summed E-state index contributed by atoms with van der Waals surface area (Å²) in [6, 6.07) is 0.948. The van der Waals surface area contributed by atoms with Gasteiger partial charge in [0.05, 0.1) is 11.7 Å². The van der Waals surface area contributed by atoms with Crippen molar-refractivity contribution in [3.05, 3.63) is 24.3 Å². The number of aromatic nitrogens is 2. The monoisotopic (exact) mass is 220 g/mol. The molecule has 1 aromatic heterocycles. The molecule has 88 valence electrons. The maximum absolute atomic E-state index is 4.37. The second kappa shape index (κ2) is 5.37. The lowest BCUT2D eigenvalue weighted by molar-refractivity contribution is 0.153. The van der Waals surface area contributed by atoms with Crippen molar-refractivity contribution in [2.75, 3.05) is 20.1 Å². The molecule has 1 aliphatic heterocycles. The average Bonchev–Trinajstić information content (AvgIpc) is 2.39. The van der Waals surface area contributed by atoms with Gasteiger partial charge in [-0.1, -0.05) is 0 Å². The third-order valence-corrected chi connectivity index (χ3v) is 3.47. The predicted octanol–water partition coefficient (Wildman–Crippen LogP) is 1.22. The van der Waals surface area contributed by atoms with Crippen molar-refractivity contribution in [1.82, 2.24) is 20.2 Å². The Kier molecular flexibility index (Phi) is 3.85.